The Bertz CT molecular complexity index is 242. The first-order valence-electron chi connectivity index (χ1n) is 5.59. The molecule has 1 rings (SSSR count). The summed E-state index contributed by atoms with van der Waals surface area (Å²) < 4.78 is 0. The Hall–Kier alpha value is -0.750. The van der Waals surface area contributed by atoms with Crippen LogP contribution in [0.2, 0.25) is 0 Å². The molecule has 0 bridgehead atoms. The molecule has 6 heteroatoms. The molecule has 1 fully saturated rings. The van der Waals surface area contributed by atoms with Crippen molar-refractivity contribution in [3.63, 3.8) is 0 Å². The minimum absolute atomic E-state index is 0.00379. The quantitative estimate of drug-likeness (QED) is 0.600. The van der Waals surface area contributed by atoms with Crippen LogP contribution in [0.3, 0.4) is 0 Å². The SMILES string of the molecule is CCCNC(=O)CCNC(=O)C1CSCN1. The lowest BCUT2D eigenvalue weighted by molar-refractivity contribution is -0.123. The van der Waals surface area contributed by atoms with Gasteiger partial charge in [-0.15, -0.1) is 11.8 Å². The van der Waals surface area contributed by atoms with Crippen molar-refractivity contribution in [2.45, 2.75) is 25.8 Å². The average molecular weight is 245 g/mol. The molecule has 1 unspecified atom stereocenters. The first-order valence-corrected chi connectivity index (χ1v) is 6.75. The zero-order chi connectivity index (χ0) is 11.8. The first-order chi connectivity index (χ1) is 7.74. The van der Waals surface area contributed by atoms with Gasteiger partial charge in [-0.2, -0.15) is 0 Å². The highest BCUT2D eigenvalue weighted by Gasteiger charge is 2.21. The minimum Gasteiger partial charge on any atom is -0.356 e. The van der Waals surface area contributed by atoms with Crippen LogP contribution in [0.4, 0.5) is 0 Å². The normalized spacial score (nSPS) is 19.4. The number of nitrogens with one attached hydrogen (secondary N) is 3. The molecule has 92 valence electrons. The van der Waals surface area contributed by atoms with E-state index in [1.54, 1.807) is 11.8 Å². The van der Waals surface area contributed by atoms with Crippen molar-refractivity contribution >= 4 is 23.6 Å². The maximum absolute atomic E-state index is 11.5. The largest absolute Gasteiger partial charge is 0.356 e. The van der Waals surface area contributed by atoms with E-state index in [0.29, 0.717) is 19.5 Å². The highest BCUT2D eigenvalue weighted by Crippen LogP contribution is 2.08. The van der Waals surface area contributed by atoms with Gasteiger partial charge in [0.2, 0.25) is 11.8 Å². The van der Waals surface area contributed by atoms with Gasteiger partial charge in [0.25, 0.3) is 0 Å². The number of rotatable bonds is 6. The number of thioether (sulfide) groups is 1. The Morgan fingerprint density at radius 1 is 1.38 bits per heavy atom. The fourth-order valence-electron chi connectivity index (χ4n) is 1.34. The second-order valence-corrected chi connectivity index (χ2v) is 4.69. The van der Waals surface area contributed by atoms with Crippen LogP contribution in [0.15, 0.2) is 0 Å². The van der Waals surface area contributed by atoms with E-state index in [0.717, 1.165) is 18.1 Å². The molecule has 0 aromatic rings. The van der Waals surface area contributed by atoms with Crippen LogP contribution in [0.25, 0.3) is 0 Å². The van der Waals surface area contributed by atoms with E-state index >= 15 is 0 Å². The zero-order valence-electron chi connectivity index (χ0n) is 9.54. The molecular weight excluding hydrogens is 226 g/mol. The standard InChI is InChI=1S/C10H19N3O2S/c1-2-4-11-9(14)3-5-12-10(15)8-6-16-7-13-8/h8,13H,2-7H2,1H3,(H,11,14)(H,12,15). The van der Waals surface area contributed by atoms with Crippen molar-refractivity contribution in [1.29, 1.82) is 0 Å². The van der Waals surface area contributed by atoms with Gasteiger partial charge in [-0.1, -0.05) is 6.92 Å². The van der Waals surface area contributed by atoms with Gasteiger partial charge in [-0.25, -0.2) is 0 Å². The van der Waals surface area contributed by atoms with Crippen molar-refractivity contribution in [3.05, 3.63) is 0 Å². The van der Waals surface area contributed by atoms with Gasteiger partial charge in [0.15, 0.2) is 0 Å². The molecule has 5 nitrogen and oxygen atoms in total. The molecular formula is C10H19N3O2S. The molecule has 16 heavy (non-hydrogen) atoms. The highest BCUT2D eigenvalue weighted by atomic mass is 32.2. The summed E-state index contributed by atoms with van der Waals surface area (Å²) in [5, 5.41) is 8.60. The van der Waals surface area contributed by atoms with Gasteiger partial charge in [0, 0.05) is 31.1 Å². The van der Waals surface area contributed by atoms with Gasteiger partial charge < -0.3 is 10.6 Å². The molecule has 1 aliphatic heterocycles. The molecule has 1 aliphatic rings. The van der Waals surface area contributed by atoms with E-state index in [-0.39, 0.29) is 17.9 Å². The topological polar surface area (TPSA) is 70.2 Å². The summed E-state index contributed by atoms with van der Waals surface area (Å²) in [6.07, 6.45) is 1.28. The van der Waals surface area contributed by atoms with Gasteiger partial charge in [-0.05, 0) is 6.42 Å². The molecule has 1 heterocycles. The van der Waals surface area contributed by atoms with E-state index in [9.17, 15) is 9.59 Å². The maximum Gasteiger partial charge on any atom is 0.238 e. The van der Waals surface area contributed by atoms with E-state index < -0.39 is 0 Å². The van der Waals surface area contributed by atoms with Crippen LogP contribution in [-0.4, -0.2) is 42.6 Å². The second kappa shape index (κ2) is 7.51. The van der Waals surface area contributed by atoms with Crippen molar-refractivity contribution in [1.82, 2.24) is 16.0 Å². The first kappa shape index (κ1) is 13.3. The second-order valence-electron chi connectivity index (χ2n) is 3.66. The predicted molar refractivity (Wildman–Crippen MR) is 65.2 cm³/mol. The summed E-state index contributed by atoms with van der Waals surface area (Å²) in [7, 11) is 0. The third kappa shape index (κ3) is 4.85. The fraction of sp³-hybridized carbons (Fsp3) is 0.800. The molecule has 0 aromatic heterocycles. The lowest BCUT2D eigenvalue weighted by Gasteiger charge is -2.10. The Morgan fingerprint density at radius 3 is 2.81 bits per heavy atom. The predicted octanol–water partition coefficient (Wildman–Crippen LogP) is -0.319. The maximum atomic E-state index is 11.5. The molecule has 0 spiro atoms. The van der Waals surface area contributed by atoms with Crippen molar-refractivity contribution < 1.29 is 9.59 Å². The van der Waals surface area contributed by atoms with Crippen LogP contribution < -0.4 is 16.0 Å². The van der Waals surface area contributed by atoms with Crippen LogP contribution in [0.5, 0.6) is 0 Å². The van der Waals surface area contributed by atoms with Gasteiger partial charge in [0.05, 0.1) is 6.04 Å². The summed E-state index contributed by atoms with van der Waals surface area (Å²) in [5.41, 5.74) is 0. The van der Waals surface area contributed by atoms with E-state index in [2.05, 4.69) is 16.0 Å². The van der Waals surface area contributed by atoms with Gasteiger partial charge in [0.1, 0.15) is 0 Å². The van der Waals surface area contributed by atoms with Crippen molar-refractivity contribution in [3.8, 4) is 0 Å². The molecule has 0 radical (unpaired) electrons. The number of hydrogen-bond donors (Lipinski definition) is 3. The third-order valence-corrected chi connectivity index (χ3v) is 3.20. The Labute approximate surface area is 100 Å². The lowest BCUT2D eigenvalue weighted by Crippen LogP contribution is -2.43. The van der Waals surface area contributed by atoms with Crippen LogP contribution in [-0.2, 0) is 9.59 Å². The van der Waals surface area contributed by atoms with Crippen LogP contribution in [0, 0.1) is 0 Å². The molecule has 1 saturated heterocycles. The summed E-state index contributed by atoms with van der Waals surface area (Å²) in [4.78, 5) is 22.7. The Balaban J connectivity index is 2.05. The highest BCUT2D eigenvalue weighted by molar-refractivity contribution is 7.99. The van der Waals surface area contributed by atoms with E-state index in [4.69, 9.17) is 0 Å². The zero-order valence-corrected chi connectivity index (χ0v) is 10.4. The number of carbonyl (C=O) groups is 2. The smallest absolute Gasteiger partial charge is 0.238 e. The Morgan fingerprint density at radius 2 is 2.19 bits per heavy atom. The minimum atomic E-state index is -0.0938. The fourth-order valence-corrected chi connectivity index (χ4v) is 2.28. The monoisotopic (exact) mass is 245 g/mol. The van der Waals surface area contributed by atoms with Crippen molar-refractivity contribution in [2.75, 3.05) is 24.7 Å². The number of carbonyl (C=O) groups excluding carboxylic acids is 2. The summed E-state index contributed by atoms with van der Waals surface area (Å²) in [6, 6.07) is -0.0938. The summed E-state index contributed by atoms with van der Waals surface area (Å²) in [6.45, 7) is 3.12. The number of amides is 2. The summed E-state index contributed by atoms with van der Waals surface area (Å²) in [5.74, 6) is 1.63. The number of hydrogen-bond acceptors (Lipinski definition) is 4. The summed E-state index contributed by atoms with van der Waals surface area (Å²) >= 11 is 1.71. The van der Waals surface area contributed by atoms with Crippen molar-refractivity contribution in [2.24, 2.45) is 0 Å². The van der Waals surface area contributed by atoms with E-state index in [1.165, 1.54) is 0 Å². The lowest BCUT2D eigenvalue weighted by atomic mass is 10.3. The van der Waals surface area contributed by atoms with Gasteiger partial charge in [-0.3, -0.25) is 14.9 Å². The van der Waals surface area contributed by atoms with E-state index in [1.807, 2.05) is 6.92 Å². The molecule has 0 aliphatic carbocycles. The van der Waals surface area contributed by atoms with Crippen LogP contribution in [0.1, 0.15) is 19.8 Å². The van der Waals surface area contributed by atoms with Gasteiger partial charge >= 0.3 is 0 Å². The molecule has 3 N–H and O–H groups in total. The Kier molecular flexibility index (Phi) is 6.25. The molecule has 1 atom stereocenters. The third-order valence-electron chi connectivity index (χ3n) is 2.26. The molecule has 2 amide bonds. The van der Waals surface area contributed by atoms with Crippen LogP contribution >= 0.6 is 11.8 Å². The molecule has 0 aromatic carbocycles. The average Bonchev–Trinajstić information content (AvgIpc) is 2.79. The molecule has 0 saturated carbocycles.